The highest BCUT2D eigenvalue weighted by atomic mass is 16.6. The first kappa shape index (κ1) is 17.7. The number of nitrogens with one attached hydrogen (secondary N) is 1. The first-order valence-corrected chi connectivity index (χ1v) is 8.49. The quantitative estimate of drug-likeness (QED) is 0.860. The van der Waals surface area contributed by atoms with Gasteiger partial charge < -0.3 is 19.7 Å². The Morgan fingerprint density at radius 2 is 2.08 bits per heavy atom. The van der Waals surface area contributed by atoms with Gasteiger partial charge in [-0.05, 0) is 24.6 Å². The van der Waals surface area contributed by atoms with Crippen molar-refractivity contribution < 1.29 is 19.1 Å². The molecular formula is C19H21N3O4. The largest absolute Gasteiger partial charge is 0.481 e. The maximum absolute atomic E-state index is 12.2. The number of pyridine rings is 1. The monoisotopic (exact) mass is 355 g/mol. The summed E-state index contributed by atoms with van der Waals surface area (Å²) < 4.78 is 10.1. The van der Waals surface area contributed by atoms with E-state index in [1.165, 1.54) is 0 Å². The lowest BCUT2D eigenvalue weighted by atomic mass is 10.1. The molecule has 1 fully saturated rings. The van der Waals surface area contributed by atoms with Gasteiger partial charge in [-0.1, -0.05) is 18.2 Å². The molecule has 0 saturated carbocycles. The van der Waals surface area contributed by atoms with Crippen molar-refractivity contribution in [3.8, 4) is 17.1 Å². The predicted molar refractivity (Wildman–Crippen MR) is 96.1 cm³/mol. The van der Waals surface area contributed by atoms with Crippen molar-refractivity contribution in [3.63, 3.8) is 0 Å². The lowest BCUT2D eigenvalue weighted by molar-refractivity contribution is 0.0719. The van der Waals surface area contributed by atoms with Crippen LogP contribution in [0.4, 0.5) is 4.79 Å². The molecule has 1 aliphatic heterocycles. The average Bonchev–Trinajstić information content (AvgIpc) is 2.69. The molecule has 1 saturated heterocycles. The number of ether oxygens (including phenoxy) is 2. The molecule has 7 nitrogen and oxygen atoms in total. The number of carbonyl (C=O) groups excluding carboxylic acids is 2. The minimum absolute atomic E-state index is 0.180. The van der Waals surface area contributed by atoms with Gasteiger partial charge in [0.15, 0.2) is 0 Å². The summed E-state index contributed by atoms with van der Waals surface area (Å²) in [6, 6.07) is 12.7. The second-order valence-electron chi connectivity index (χ2n) is 5.85. The number of carbonyl (C=O) groups is 2. The van der Waals surface area contributed by atoms with Crippen molar-refractivity contribution in [1.82, 2.24) is 15.2 Å². The third-order valence-electron chi connectivity index (χ3n) is 4.10. The number of cyclic esters (lactones) is 1. The Morgan fingerprint density at radius 1 is 1.27 bits per heavy atom. The van der Waals surface area contributed by atoms with Crippen LogP contribution in [0.25, 0.3) is 11.3 Å². The molecule has 0 unspecified atom stereocenters. The Balaban J connectivity index is 1.55. The van der Waals surface area contributed by atoms with Crippen molar-refractivity contribution >= 4 is 12.0 Å². The number of hydrogen-bond donors (Lipinski definition) is 1. The Kier molecular flexibility index (Phi) is 5.68. The van der Waals surface area contributed by atoms with Gasteiger partial charge >= 0.3 is 6.09 Å². The summed E-state index contributed by atoms with van der Waals surface area (Å²) in [6.45, 7) is 1.95. The molecule has 0 bridgehead atoms. The molecule has 7 heteroatoms. The van der Waals surface area contributed by atoms with Crippen LogP contribution in [0.15, 0.2) is 42.5 Å². The first-order chi connectivity index (χ1) is 12.7. The smallest absolute Gasteiger partial charge is 0.409 e. The Bertz CT molecular complexity index is 777. The zero-order chi connectivity index (χ0) is 18.4. The molecular weight excluding hydrogens is 334 g/mol. The third-order valence-corrected chi connectivity index (χ3v) is 4.10. The van der Waals surface area contributed by atoms with E-state index < -0.39 is 0 Å². The minimum Gasteiger partial charge on any atom is -0.481 e. The zero-order valence-electron chi connectivity index (χ0n) is 14.6. The fraction of sp³-hybridized carbons (Fsp3) is 0.316. The van der Waals surface area contributed by atoms with E-state index in [9.17, 15) is 9.59 Å². The van der Waals surface area contributed by atoms with Crippen molar-refractivity contribution in [2.45, 2.75) is 6.42 Å². The Labute approximate surface area is 151 Å². The van der Waals surface area contributed by atoms with E-state index >= 15 is 0 Å². The molecule has 1 aromatic heterocycles. The molecule has 2 heterocycles. The van der Waals surface area contributed by atoms with Gasteiger partial charge in [-0.3, -0.25) is 4.79 Å². The third kappa shape index (κ3) is 4.30. The summed E-state index contributed by atoms with van der Waals surface area (Å²) in [7, 11) is 1.57. The van der Waals surface area contributed by atoms with Gasteiger partial charge in [0.1, 0.15) is 0 Å². The van der Waals surface area contributed by atoms with Crippen LogP contribution in [0.2, 0.25) is 0 Å². The Morgan fingerprint density at radius 3 is 2.81 bits per heavy atom. The summed E-state index contributed by atoms with van der Waals surface area (Å²) in [5, 5.41) is 2.82. The van der Waals surface area contributed by atoms with Crippen molar-refractivity contribution in [2.24, 2.45) is 0 Å². The number of rotatable bonds is 6. The van der Waals surface area contributed by atoms with Crippen LogP contribution in [-0.2, 0) is 4.74 Å². The van der Waals surface area contributed by atoms with E-state index in [1.807, 2.05) is 24.3 Å². The van der Waals surface area contributed by atoms with Gasteiger partial charge in [0.05, 0.1) is 19.4 Å². The van der Waals surface area contributed by atoms with Gasteiger partial charge in [-0.25, -0.2) is 9.78 Å². The first-order valence-electron chi connectivity index (χ1n) is 8.49. The van der Waals surface area contributed by atoms with E-state index in [0.717, 1.165) is 17.7 Å². The van der Waals surface area contributed by atoms with Crippen molar-refractivity contribution in [3.05, 3.63) is 48.0 Å². The van der Waals surface area contributed by atoms with E-state index in [4.69, 9.17) is 9.47 Å². The predicted octanol–water partition coefficient (Wildman–Crippen LogP) is 2.33. The molecule has 3 rings (SSSR count). The number of benzene rings is 1. The van der Waals surface area contributed by atoms with Crippen LogP contribution < -0.4 is 10.1 Å². The molecule has 0 atom stereocenters. The van der Waals surface area contributed by atoms with Crippen LogP contribution >= 0.6 is 0 Å². The summed E-state index contributed by atoms with van der Waals surface area (Å²) in [5.74, 6) is 0.362. The second kappa shape index (κ2) is 8.33. The highest BCUT2D eigenvalue weighted by Crippen LogP contribution is 2.20. The van der Waals surface area contributed by atoms with Crippen molar-refractivity contribution in [1.29, 1.82) is 0 Å². The van der Waals surface area contributed by atoms with Gasteiger partial charge in [0, 0.05) is 36.8 Å². The lowest BCUT2D eigenvalue weighted by Crippen LogP contribution is -2.42. The fourth-order valence-electron chi connectivity index (χ4n) is 2.69. The van der Waals surface area contributed by atoms with Gasteiger partial charge in [-0.15, -0.1) is 0 Å². The van der Waals surface area contributed by atoms with Crippen molar-refractivity contribution in [2.75, 3.05) is 33.4 Å². The molecule has 2 amide bonds. The van der Waals surface area contributed by atoms with Crippen LogP contribution in [-0.4, -0.2) is 55.2 Å². The molecule has 2 aromatic rings. The van der Waals surface area contributed by atoms with Crippen LogP contribution in [0.5, 0.6) is 5.88 Å². The molecule has 1 aliphatic rings. The number of nitrogens with zero attached hydrogens (tertiary/aromatic N) is 2. The summed E-state index contributed by atoms with van der Waals surface area (Å²) in [4.78, 5) is 29.7. The molecule has 0 spiro atoms. The van der Waals surface area contributed by atoms with E-state index in [0.29, 0.717) is 37.7 Å². The topological polar surface area (TPSA) is 80.8 Å². The lowest BCUT2D eigenvalue weighted by Gasteiger charge is -2.26. The Hall–Kier alpha value is -3.09. The summed E-state index contributed by atoms with van der Waals surface area (Å²) in [6.07, 6.45) is 0.500. The van der Waals surface area contributed by atoms with Gasteiger partial charge in [0.25, 0.3) is 5.91 Å². The molecule has 1 N–H and O–H groups in total. The highest BCUT2D eigenvalue weighted by molar-refractivity contribution is 5.94. The van der Waals surface area contributed by atoms with Crippen LogP contribution in [0.3, 0.4) is 0 Å². The standard InChI is InChI=1S/C19H21N3O4/c1-25-17-5-2-4-16(21-17)14-6-8-15(9-7-14)18(23)20-10-12-22-11-3-13-26-19(22)24/h2,4-9H,3,10-13H2,1H3,(H,20,23). The van der Waals surface area contributed by atoms with Gasteiger partial charge in [-0.2, -0.15) is 0 Å². The van der Waals surface area contributed by atoms with Crippen LogP contribution in [0, 0.1) is 0 Å². The molecule has 0 aliphatic carbocycles. The van der Waals surface area contributed by atoms with Gasteiger partial charge in [0.2, 0.25) is 5.88 Å². The normalized spacial score (nSPS) is 13.9. The van der Waals surface area contributed by atoms with E-state index in [2.05, 4.69) is 10.3 Å². The molecule has 26 heavy (non-hydrogen) atoms. The average molecular weight is 355 g/mol. The number of aromatic nitrogens is 1. The maximum atomic E-state index is 12.2. The maximum Gasteiger partial charge on any atom is 0.409 e. The number of hydrogen-bond acceptors (Lipinski definition) is 5. The molecule has 1 aromatic carbocycles. The second-order valence-corrected chi connectivity index (χ2v) is 5.85. The van der Waals surface area contributed by atoms with E-state index in [1.54, 1.807) is 30.2 Å². The van der Waals surface area contributed by atoms with Crippen LogP contribution in [0.1, 0.15) is 16.8 Å². The molecule has 0 radical (unpaired) electrons. The summed E-state index contributed by atoms with van der Waals surface area (Å²) in [5.41, 5.74) is 2.23. The SMILES string of the molecule is COc1cccc(-c2ccc(C(=O)NCCN3CCCOC3=O)cc2)n1. The zero-order valence-corrected chi connectivity index (χ0v) is 14.6. The number of methoxy groups -OCH3 is 1. The minimum atomic E-state index is -0.319. The molecule has 136 valence electrons. The fourth-order valence-corrected chi connectivity index (χ4v) is 2.69. The summed E-state index contributed by atoms with van der Waals surface area (Å²) >= 11 is 0. The van der Waals surface area contributed by atoms with E-state index in [-0.39, 0.29) is 12.0 Å². The highest BCUT2D eigenvalue weighted by Gasteiger charge is 2.19. The number of amides is 2.